The Morgan fingerprint density at radius 1 is 1.00 bits per heavy atom. The van der Waals surface area contributed by atoms with Gasteiger partial charge in [0.05, 0.1) is 11.4 Å². The van der Waals surface area contributed by atoms with Crippen LogP contribution in [0.15, 0.2) is 65.2 Å². The van der Waals surface area contributed by atoms with Crippen molar-refractivity contribution in [2.45, 2.75) is 100 Å². The third-order valence-electron chi connectivity index (χ3n) is 9.58. The van der Waals surface area contributed by atoms with Crippen molar-refractivity contribution in [2.24, 2.45) is 11.1 Å². The molecule has 1 aromatic heterocycles. The minimum Gasteiger partial charge on any atom is -0.479 e. The number of alkyl carbamates (subject to hydrolysis) is 1. The number of hydrogen-bond donors (Lipinski definition) is 3. The van der Waals surface area contributed by atoms with Gasteiger partial charge in [0.25, 0.3) is 0 Å². The predicted molar refractivity (Wildman–Crippen MR) is 176 cm³/mol. The number of fused-ring (bicyclic) bond motifs is 2. The van der Waals surface area contributed by atoms with Gasteiger partial charge in [0.2, 0.25) is 11.8 Å². The van der Waals surface area contributed by atoms with Crippen LogP contribution >= 0.6 is 11.3 Å². The number of benzene rings is 1. The van der Waals surface area contributed by atoms with Gasteiger partial charge in [0.15, 0.2) is 0 Å². The number of ether oxygens (including phenoxy) is 1. The number of carbonyl (C=O) groups is 4. The molecule has 3 amide bonds. The summed E-state index contributed by atoms with van der Waals surface area (Å²) in [6.07, 6.45) is 9.93. The second kappa shape index (κ2) is 14.7. The highest BCUT2D eigenvalue weighted by Gasteiger charge is 2.61. The van der Waals surface area contributed by atoms with E-state index < -0.39 is 47.6 Å². The van der Waals surface area contributed by atoms with Crippen molar-refractivity contribution in [2.75, 3.05) is 6.54 Å². The lowest BCUT2D eigenvalue weighted by Crippen LogP contribution is -2.56. The Hall–Kier alpha value is -4.19. The fraction of sp³-hybridized carbons (Fsp3) is 0.514. The number of thiophene rings is 1. The van der Waals surface area contributed by atoms with Gasteiger partial charge in [-0.05, 0) is 62.8 Å². The van der Waals surface area contributed by atoms with E-state index in [-0.39, 0.29) is 31.4 Å². The number of carboxylic acid groups (broad SMARTS) is 1. The van der Waals surface area contributed by atoms with Gasteiger partial charge in [-0.1, -0.05) is 66.5 Å². The molecular weight excluding hydrogens is 620 g/mol. The third-order valence-corrected chi connectivity index (χ3v) is 10.5. The van der Waals surface area contributed by atoms with Crippen LogP contribution in [0.25, 0.3) is 0 Å². The average molecular weight is 663 g/mol. The topological polar surface area (TPSA) is 147 Å². The second-order valence-electron chi connectivity index (χ2n) is 12.9. The molecule has 3 N–H and O–H groups in total. The molecule has 250 valence electrons. The fourth-order valence-electron chi connectivity index (χ4n) is 6.85. The Labute approximate surface area is 278 Å². The Morgan fingerprint density at radius 3 is 2.53 bits per heavy atom. The fourth-order valence-corrected chi connectivity index (χ4v) is 7.58. The number of carbonyl (C=O) groups excluding carboxylic acids is 3. The number of rotatable bonds is 7. The summed E-state index contributed by atoms with van der Waals surface area (Å²) in [6.45, 7) is 0.0478. The molecule has 2 aliphatic carbocycles. The molecule has 2 saturated carbocycles. The normalized spacial score (nSPS) is 29.4. The maximum absolute atomic E-state index is 14.2. The number of aliphatic carboxylic acids is 1. The Kier molecular flexibility index (Phi) is 10.2. The van der Waals surface area contributed by atoms with Crippen LogP contribution in [-0.4, -0.2) is 76.0 Å². The molecular formula is C35H42N4O7S. The lowest BCUT2D eigenvalue weighted by molar-refractivity contribution is -0.145. The number of amides is 3. The largest absolute Gasteiger partial charge is 0.479 e. The van der Waals surface area contributed by atoms with Crippen LogP contribution in [0.4, 0.5) is 4.79 Å². The quantitative estimate of drug-likeness (QED) is 0.215. The summed E-state index contributed by atoms with van der Waals surface area (Å²) in [5.41, 5.74) is 0.0764. The average Bonchev–Trinajstić information content (AvgIpc) is 3.56. The molecule has 3 fully saturated rings. The number of oxime groups is 1. The van der Waals surface area contributed by atoms with Gasteiger partial charge in [-0.25, -0.2) is 9.59 Å². The highest BCUT2D eigenvalue weighted by atomic mass is 32.1. The first kappa shape index (κ1) is 32.7. The van der Waals surface area contributed by atoms with Crippen LogP contribution in [0, 0.1) is 5.92 Å². The Bertz CT molecular complexity index is 1490. The minimum atomic E-state index is -1.41. The van der Waals surface area contributed by atoms with Crippen molar-refractivity contribution in [1.29, 1.82) is 0 Å². The van der Waals surface area contributed by atoms with E-state index in [9.17, 15) is 24.3 Å². The summed E-state index contributed by atoms with van der Waals surface area (Å²) in [6, 6.07) is 11.6. The van der Waals surface area contributed by atoms with E-state index in [0.717, 1.165) is 55.4 Å². The third kappa shape index (κ3) is 7.69. The molecule has 4 aliphatic rings. The standard InChI is InChI=1S/C35H42N4O7S/c40-31-28-20-26(46-38-30(29-18-11-19-47-29)23-12-5-4-6-13-23)22-39(28)32(41)27(36-34(44)45-25-15-9-10-16-25)17-8-3-1-2-7-14-24-21-35(24,37-31)33(42)43/h4-7,11-14,18-19,24-28H,1-3,8-10,15-17,20-22H2,(H,36,44)(H,37,40)(H,42,43)/b14-7-,38-30+/t24-,26-,27+,28+,35?/m1/s1. The molecule has 12 heteroatoms. The summed E-state index contributed by atoms with van der Waals surface area (Å²) in [4.78, 5) is 61.9. The van der Waals surface area contributed by atoms with E-state index in [1.165, 1.54) is 16.2 Å². The summed E-state index contributed by atoms with van der Waals surface area (Å²) < 4.78 is 5.63. The number of nitrogens with one attached hydrogen (secondary N) is 2. The van der Waals surface area contributed by atoms with Crippen molar-refractivity contribution in [3.05, 3.63) is 70.4 Å². The van der Waals surface area contributed by atoms with Gasteiger partial charge >= 0.3 is 12.1 Å². The van der Waals surface area contributed by atoms with Crippen LogP contribution in [0.5, 0.6) is 0 Å². The molecule has 6 rings (SSSR count). The summed E-state index contributed by atoms with van der Waals surface area (Å²) in [5, 5.41) is 22.2. The van der Waals surface area contributed by atoms with Gasteiger partial charge < -0.3 is 30.2 Å². The molecule has 0 spiro atoms. The molecule has 5 atom stereocenters. The molecule has 47 heavy (non-hydrogen) atoms. The highest BCUT2D eigenvalue weighted by Crippen LogP contribution is 2.45. The van der Waals surface area contributed by atoms with E-state index in [1.54, 1.807) is 0 Å². The lowest BCUT2D eigenvalue weighted by Gasteiger charge is -2.29. The minimum absolute atomic E-state index is 0.0478. The van der Waals surface area contributed by atoms with Crippen molar-refractivity contribution >= 4 is 40.9 Å². The van der Waals surface area contributed by atoms with Gasteiger partial charge in [-0.2, -0.15) is 0 Å². The first-order chi connectivity index (χ1) is 22.8. The van der Waals surface area contributed by atoms with Crippen molar-refractivity contribution in [1.82, 2.24) is 15.5 Å². The van der Waals surface area contributed by atoms with E-state index in [2.05, 4.69) is 15.8 Å². The Balaban J connectivity index is 1.26. The van der Waals surface area contributed by atoms with Gasteiger partial charge in [0.1, 0.15) is 35.5 Å². The SMILES string of the molecule is O=C(N[C@H]1CCCCC/C=C\[C@@H]2CC2(C(=O)O)NC(=O)[C@@H]2C[C@@H](O/N=C(\c3ccccc3)c3cccs3)CN2C1=O)OC1CCCC1. The second-order valence-corrected chi connectivity index (χ2v) is 13.9. The number of allylic oxidation sites excluding steroid dienone is 1. The van der Waals surface area contributed by atoms with E-state index in [0.29, 0.717) is 18.6 Å². The molecule has 1 aromatic carbocycles. The summed E-state index contributed by atoms with van der Waals surface area (Å²) in [7, 11) is 0. The van der Waals surface area contributed by atoms with Gasteiger partial charge in [-0.15, -0.1) is 11.3 Å². The van der Waals surface area contributed by atoms with Crippen LogP contribution in [0.2, 0.25) is 0 Å². The van der Waals surface area contributed by atoms with Crippen LogP contribution in [0.1, 0.15) is 81.1 Å². The summed E-state index contributed by atoms with van der Waals surface area (Å²) >= 11 is 1.52. The molecule has 3 heterocycles. The van der Waals surface area contributed by atoms with Crippen molar-refractivity contribution in [3.8, 4) is 0 Å². The zero-order chi connectivity index (χ0) is 32.8. The molecule has 1 unspecified atom stereocenters. The van der Waals surface area contributed by atoms with E-state index in [1.807, 2.05) is 60.0 Å². The predicted octanol–water partition coefficient (Wildman–Crippen LogP) is 5.00. The zero-order valence-corrected chi connectivity index (χ0v) is 27.2. The number of hydrogen-bond acceptors (Lipinski definition) is 8. The number of carboxylic acids is 1. The Morgan fingerprint density at radius 2 is 1.79 bits per heavy atom. The molecule has 2 aromatic rings. The highest BCUT2D eigenvalue weighted by molar-refractivity contribution is 7.12. The maximum atomic E-state index is 14.2. The zero-order valence-electron chi connectivity index (χ0n) is 26.3. The first-order valence-corrected chi connectivity index (χ1v) is 17.5. The molecule has 1 saturated heterocycles. The van der Waals surface area contributed by atoms with Crippen molar-refractivity contribution in [3.63, 3.8) is 0 Å². The maximum Gasteiger partial charge on any atom is 0.408 e. The molecule has 0 radical (unpaired) electrons. The van der Waals surface area contributed by atoms with Crippen LogP contribution < -0.4 is 10.6 Å². The van der Waals surface area contributed by atoms with E-state index >= 15 is 0 Å². The molecule has 11 nitrogen and oxygen atoms in total. The smallest absolute Gasteiger partial charge is 0.408 e. The van der Waals surface area contributed by atoms with E-state index in [4.69, 9.17) is 9.57 Å². The van der Waals surface area contributed by atoms with Crippen LogP contribution in [-0.2, 0) is 24.0 Å². The summed E-state index contributed by atoms with van der Waals surface area (Å²) in [5.74, 6) is -2.41. The molecule has 2 aliphatic heterocycles. The van der Waals surface area contributed by atoms with Crippen molar-refractivity contribution < 1.29 is 33.9 Å². The van der Waals surface area contributed by atoms with Gasteiger partial charge in [0, 0.05) is 17.9 Å². The monoisotopic (exact) mass is 662 g/mol. The number of nitrogens with zero attached hydrogens (tertiary/aromatic N) is 2. The van der Waals surface area contributed by atoms with Gasteiger partial charge in [-0.3, -0.25) is 9.59 Å². The first-order valence-electron chi connectivity index (χ1n) is 16.7. The van der Waals surface area contributed by atoms with Crippen LogP contribution in [0.3, 0.4) is 0 Å². The lowest BCUT2D eigenvalue weighted by atomic mass is 10.0. The molecule has 0 bridgehead atoms.